The Kier molecular flexibility index (Phi) is 3.57. The molecule has 0 amide bonds. The summed E-state index contributed by atoms with van der Waals surface area (Å²) in [5.74, 6) is 0.762. The summed E-state index contributed by atoms with van der Waals surface area (Å²) in [6.07, 6.45) is 2.50. The van der Waals surface area contributed by atoms with Gasteiger partial charge in [0.25, 0.3) is 0 Å². The van der Waals surface area contributed by atoms with E-state index in [1.807, 2.05) is 24.3 Å². The summed E-state index contributed by atoms with van der Waals surface area (Å²) in [4.78, 5) is 11.0. The van der Waals surface area contributed by atoms with Crippen LogP contribution in [0, 0.1) is 0 Å². The molecule has 0 saturated carbocycles. The van der Waals surface area contributed by atoms with Crippen LogP contribution in [0.1, 0.15) is 10.5 Å². The molecule has 18 heavy (non-hydrogen) atoms. The Morgan fingerprint density at radius 1 is 1.44 bits per heavy atom. The number of nitrogens with zero attached hydrogens (tertiary/aromatic N) is 2. The molecule has 0 saturated heterocycles. The first-order valence-corrected chi connectivity index (χ1v) is 5.57. The number of allylic oxidation sites excluding steroid dienone is 1. The molecular formula is C14H14N2O2. The number of carbonyl (C=O) groups excluding carboxylic acids is 1. The SMILES string of the molecule is C=CCn1nc(-c2cccc(OC)c2)cc1C=O. The van der Waals surface area contributed by atoms with Crippen molar-refractivity contribution in [3.05, 3.63) is 48.7 Å². The van der Waals surface area contributed by atoms with Crippen molar-refractivity contribution in [2.75, 3.05) is 7.11 Å². The summed E-state index contributed by atoms with van der Waals surface area (Å²) < 4.78 is 6.79. The molecule has 0 fully saturated rings. The number of hydrogen-bond donors (Lipinski definition) is 0. The molecule has 92 valence electrons. The standard InChI is InChI=1S/C14H14N2O2/c1-3-7-16-12(10-17)9-14(15-16)11-5-4-6-13(8-11)18-2/h3-6,8-10H,1,7H2,2H3. The number of aromatic nitrogens is 2. The molecular weight excluding hydrogens is 228 g/mol. The Bertz CT molecular complexity index is 573. The molecule has 0 atom stereocenters. The van der Waals surface area contributed by atoms with E-state index in [1.165, 1.54) is 0 Å². The minimum absolute atomic E-state index is 0.512. The van der Waals surface area contributed by atoms with Gasteiger partial charge in [-0.25, -0.2) is 0 Å². The third-order valence-corrected chi connectivity index (χ3v) is 2.60. The van der Waals surface area contributed by atoms with Crippen LogP contribution in [-0.2, 0) is 6.54 Å². The molecule has 0 spiro atoms. The van der Waals surface area contributed by atoms with Gasteiger partial charge in [0.1, 0.15) is 11.4 Å². The summed E-state index contributed by atoms with van der Waals surface area (Å²) in [7, 11) is 1.62. The Labute approximate surface area is 106 Å². The first-order chi connectivity index (χ1) is 8.78. The zero-order valence-corrected chi connectivity index (χ0v) is 10.2. The van der Waals surface area contributed by atoms with Gasteiger partial charge in [-0.3, -0.25) is 9.48 Å². The van der Waals surface area contributed by atoms with Gasteiger partial charge in [-0.1, -0.05) is 18.2 Å². The lowest BCUT2D eigenvalue weighted by Gasteiger charge is -2.01. The van der Waals surface area contributed by atoms with Gasteiger partial charge < -0.3 is 4.74 Å². The molecule has 4 heteroatoms. The first-order valence-electron chi connectivity index (χ1n) is 5.57. The zero-order valence-electron chi connectivity index (χ0n) is 10.2. The van der Waals surface area contributed by atoms with Crippen LogP contribution in [0.25, 0.3) is 11.3 Å². The van der Waals surface area contributed by atoms with E-state index in [-0.39, 0.29) is 0 Å². The number of benzene rings is 1. The van der Waals surface area contributed by atoms with E-state index in [0.717, 1.165) is 23.3 Å². The molecule has 0 aliphatic rings. The molecule has 1 aromatic carbocycles. The molecule has 0 unspecified atom stereocenters. The van der Waals surface area contributed by atoms with E-state index < -0.39 is 0 Å². The second-order valence-electron chi connectivity index (χ2n) is 3.78. The Hall–Kier alpha value is -2.36. The van der Waals surface area contributed by atoms with E-state index in [9.17, 15) is 4.79 Å². The normalized spacial score (nSPS) is 10.1. The van der Waals surface area contributed by atoms with Crippen LogP contribution in [0.2, 0.25) is 0 Å². The molecule has 2 aromatic rings. The quantitative estimate of drug-likeness (QED) is 0.598. The molecule has 0 radical (unpaired) electrons. The molecule has 1 heterocycles. The summed E-state index contributed by atoms with van der Waals surface area (Å²) >= 11 is 0. The van der Waals surface area contributed by atoms with Gasteiger partial charge in [0.05, 0.1) is 19.3 Å². The van der Waals surface area contributed by atoms with Crippen LogP contribution >= 0.6 is 0 Å². The minimum atomic E-state index is 0.512. The lowest BCUT2D eigenvalue weighted by atomic mass is 10.1. The number of ether oxygens (including phenoxy) is 1. The lowest BCUT2D eigenvalue weighted by Crippen LogP contribution is -2.01. The van der Waals surface area contributed by atoms with Gasteiger partial charge in [-0.05, 0) is 18.2 Å². The molecule has 1 aromatic heterocycles. The monoisotopic (exact) mass is 242 g/mol. The van der Waals surface area contributed by atoms with Crippen molar-refractivity contribution in [3.63, 3.8) is 0 Å². The highest BCUT2D eigenvalue weighted by molar-refractivity contribution is 5.76. The second kappa shape index (κ2) is 5.31. The lowest BCUT2D eigenvalue weighted by molar-refractivity contribution is 0.111. The number of aldehydes is 1. The molecule has 0 bridgehead atoms. The fourth-order valence-corrected chi connectivity index (χ4v) is 1.72. The van der Waals surface area contributed by atoms with Crippen molar-refractivity contribution in [1.82, 2.24) is 9.78 Å². The van der Waals surface area contributed by atoms with Gasteiger partial charge in [-0.15, -0.1) is 6.58 Å². The highest BCUT2D eigenvalue weighted by atomic mass is 16.5. The Morgan fingerprint density at radius 3 is 2.94 bits per heavy atom. The second-order valence-corrected chi connectivity index (χ2v) is 3.78. The van der Waals surface area contributed by atoms with Crippen LogP contribution in [-0.4, -0.2) is 23.2 Å². The summed E-state index contributed by atoms with van der Waals surface area (Å²) in [6, 6.07) is 9.32. The van der Waals surface area contributed by atoms with E-state index in [4.69, 9.17) is 4.74 Å². The van der Waals surface area contributed by atoms with Crippen LogP contribution in [0.4, 0.5) is 0 Å². The number of rotatable bonds is 5. The molecule has 4 nitrogen and oxygen atoms in total. The highest BCUT2D eigenvalue weighted by Crippen LogP contribution is 2.23. The van der Waals surface area contributed by atoms with Gasteiger partial charge >= 0.3 is 0 Å². The van der Waals surface area contributed by atoms with Crippen LogP contribution in [0.5, 0.6) is 5.75 Å². The average Bonchev–Trinajstić information content (AvgIpc) is 2.82. The predicted molar refractivity (Wildman–Crippen MR) is 69.8 cm³/mol. The fraction of sp³-hybridized carbons (Fsp3) is 0.143. The van der Waals surface area contributed by atoms with Gasteiger partial charge in [0, 0.05) is 5.56 Å². The van der Waals surface area contributed by atoms with Crippen LogP contribution < -0.4 is 4.74 Å². The molecule has 0 aliphatic heterocycles. The largest absolute Gasteiger partial charge is 0.497 e. The van der Waals surface area contributed by atoms with Crippen molar-refractivity contribution in [2.24, 2.45) is 0 Å². The summed E-state index contributed by atoms with van der Waals surface area (Å²) in [6.45, 7) is 4.16. The molecule has 0 aliphatic carbocycles. The number of methoxy groups -OCH3 is 1. The van der Waals surface area contributed by atoms with Gasteiger partial charge in [0.2, 0.25) is 0 Å². The Balaban J connectivity index is 2.43. The van der Waals surface area contributed by atoms with Crippen molar-refractivity contribution in [2.45, 2.75) is 6.54 Å². The van der Waals surface area contributed by atoms with E-state index in [1.54, 1.807) is 23.9 Å². The smallest absolute Gasteiger partial charge is 0.168 e. The van der Waals surface area contributed by atoms with Crippen LogP contribution in [0.15, 0.2) is 43.0 Å². The van der Waals surface area contributed by atoms with Crippen molar-refractivity contribution in [3.8, 4) is 17.0 Å². The number of hydrogen-bond acceptors (Lipinski definition) is 3. The van der Waals surface area contributed by atoms with Gasteiger partial charge in [0.15, 0.2) is 6.29 Å². The van der Waals surface area contributed by atoms with E-state index in [2.05, 4.69) is 11.7 Å². The van der Waals surface area contributed by atoms with Crippen molar-refractivity contribution < 1.29 is 9.53 Å². The first kappa shape index (κ1) is 12.1. The summed E-state index contributed by atoms with van der Waals surface area (Å²) in [5, 5.41) is 4.38. The average molecular weight is 242 g/mol. The molecule has 2 rings (SSSR count). The topological polar surface area (TPSA) is 44.1 Å². The third-order valence-electron chi connectivity index (χ3n) is 2.60. The van der Waals surface area contributed by atoms with Gasteiger partial charge in [-0.2, -0.15) is 5.10 Å². The number of carbonyl (C=O) groups is 1. The van der Waals surface area contributed by atoms with Crippen molar-refractivity contribution >= 4 is 6.29 Å². The van der Waals surface area contributed by atoms with E-state index >= 15 is 0 Å². The van der Waals surface area contributed by atoms with Crippen LogP contribution in [0.3, 0.4) is 0 Å². The summed E-state index contributed by atoms with van der Waals surface area (Å²) in [5.41, 5.74) is 2.20. The maximum atomic E-state index is 11.0. The highest BCUT2D eigenvalue weighted by Gasteiger charge is 2.08. The van der Waals surface area contributed by atoms with E-state index in [0.29, 0.717) is 12.2 Å². The zero-order chi connectivity index (χ0) is 13.0. The van der Waals surface area contributed by atoms with Crippen molar-refractivity contribution in [1.29, 1.82) is 0 Å². The minimum Gasteiger partial charge on any atom is -0.497 e. The predicted octanol–water partition coefficient (Wildman–Crippen LogP) is 2.56. The maximum absolute atomic E-state index is 11.0. The maximum Gasteiger partial charge on any atom is 0.168 e. The fourth-order valence-electron chi connectivity index (χ4n) is 1.72. The molecule has 0 N–H and O–H groups in total. The third kappa shape index (κ3) is 2.32. The Morgan fingerprint density at radius 2 is 2.28 bits per heavy atom.